The predicted molar refractivity (Wildman–Crippen MR) is 84.0 cm³/mol. The van der Waals surface area contributed by atoms with E-state index in [2.05, 4.69) is 14.7 Å². The van der Waals surface area contributed by atoms with E-state index in [4.69, 9.17) is 0 Å². The standard InChI is InChI=1S/C15H17FN4O2S/c16-12-4-1-6-14(10-12)23(21,22)19-13-5-2-9-20(11-13)15-17-7-3-8-18-15/h1,3-4,6-8,10,13,19H,2,5,9,11H2. The number of hydrogen-bond acceptors (Lipinski definition) is 5. The van der Waals surface area contributed by atoms with E-state index in [0.717, 1.165) is 25.5 Å². The molecule has 1 saturated heterocycles. The van der Waals surface area contributed by atoms with Crippen molar-refractivity contribution >= 4 is 16.0 Å². The predicted octanol–water partition coefficient (Wildman–Crippen LogP) is 1.56. The van der Waals surface area contributed by atoms with Crippen LogP contribution in [-0.2, 0) is 10.0 Å². The minimum absolute atomic E-state index is 0.0643. The number of nitrogens with zero attached hydrogens (tertiary/aromatic N) is 3. The summed E-state index contributed by atoms with van der Waals surface area (Å²) in [6, 6.07) is 6.47. The smallest absolute Gasteiger partial charge is 0.240 e. The fourth-order valence-corrected chi connectivity index (χ4v) is 3.92. The highest BCUT2D eigenvalue weighted by molar-refractivity contribution is 7.89. The first-order valence-electron chi connectivity index (χ1n) is 7.34. The molecule has 1 atom stereocenters. The Labute approximate surface area is 134 Å². The van der Waals surface area contributed by atoms with Crippen LogP contribution in [-0.4, -0.2) is 37.5 Å². The van der Waals surface area contributed by atoms with Crippen LogP contribution in [0, 0.1) is 5.82 Å². The van der Waals surface area contributed by atoms with Crippen LogP contribution in [0.2, 0.25) is 0 Å². The highest BCUT2D eigenvalue weighted by atomic mass is 32.2. The molecule has 0 saturated carbocycles. The zero-order valence-electron chi connectivity index (χ0n) is 12.4. The second-order valence-corrected chi connectivity index (χ2v) is 7.13. The number of hydrogen-bond donors (Lipinski definition) is 1. The van der Waals surface area contributed by atoms with Gasteiger partial charge in [0.25, 0.3) is 0 Å². The van der Waals surface area contributed by atoms with Crippen molar-refractivity contribution in [1.82, 2.24) is 14.7 Å². The van der Waals surface area contributed by atoms with Crippen molar-refractivity contribution in [3.63, 3.8) is 0 Å². The number of anilines is 1. The van der Waals surface area contributed by atoms with Crippen molar-refractivity contribution < 1.29 is 12.8 Å². The molecule has 0 amide bonds. The SMILES string of the molecule is O=S(=O)(NC1CCCN(c2ncccn2)C1)c1cccc(F)c1. The van der Waals surface area contributed by atoms with E-state index in [1.54, 1.807) is 18.5 Å². The Bertz CT molecular complexity index is 770. The molecule has 8 heteroatoms. The van der Waals surface area contributed by atoms with Crippen molar-refractivity contribution in [3.05, 3.63) is 48.5 Å². The van der Waals surface area contributed by atoms with Crippen LogP contribution in [0.5, 0.6) is 0 Å². The molecule has 6 nitrogen and oxygen atoms in total. The summed E-state index contributed by atoms with van der Waals surface area (Å²) in [4.78, 5) is 10.3. The van der Waals surface area contributed by atoms with E-state index in [0.29, 0.717) is 12.5 Å². The van der Waals surface area contributed by atoms with Gasteiger partial charge >= 0.3 is 0 Å². The van der Waals surface area contributed by atoms with Gasteiger partial charge in [0.2, 0.25) is 16.0 Å². The number of nitrogens with one attached hydrogen (secondary N) is 1. The Hall–Kier alpha value is -2.06. The fourth-order valence-electron chi connectivity index (χ4n) is 2.63. The first kappa shape index (κ1) is 15.8. The van der Waals surface area contributed by atoms with Gasteiger partial charge in [0.05, 0.1) is 4.90 Å². The number of benzene rings is 1. The Morgan fingerprint density at radius 1 is 1.22 bits per heavy atom. The van der Waals surface area contributed by atoms with E-state index in [-0.39, 0.29) is 10.9 Å². The number of halogens is 1. The highest BCUT2D eigenvalue weighted by Gasteiger charge is 2.26. The summed E-state index contributed by atoms with van der Waals surface area (Å²) in [5, 5.41) is 0. The first-order chi connectivity index (χ1) is 11.0. The lowest BCUT2D eigenvalue weighted by Crippen LogP contribution is -2.48. The molecule has 1 fully saturated rings. The molecule has 0 radical (unpaired) electrons. The fraction of sp³-hybridized carbons (Fsp3) is 0.333. The Morgan fingerprint density at radius 2 is 2.00 bits per heavy atom. The van der Waals surface area contributed by atoms with E-state index in [9.17, 15) is 12.8 Å². The molecule has 1 aliphatic rings. The summed E-state index contributed by atoms with van der Waals surface area (Å²) in [6.07, 6.45) is 4.86. The van der Waals surface area contributed by atoms with Gasteiger partial charge < -0.3 is 4.90 Å². The largest absolute Gasteiger partial charge is 0.339 e. The third-order valence-corrected chi connectivity index (χ3v) is 5.20. The van der Waals surface area contributed by atoms with Crippen LogP contribution < -0.4 is 9.62 Å². The Morgan fingerprint density at radius 3 is 2.74 bits per heavy atom. The summed E-state index contributed by atoms with van der Waals surface area (Å²) >= 11 is 0. The molecule has 0 bridgehead atoms. The van der Waals surface area contributed by atoms with Crippen molar-refractivity contribution in [2.24, 2.45) is 0 Å². The van der Waals surface area contributed by atoms with Crippen LogP contribution >= 0.6 is 0 Å². The molecule has 2 aromatic rings. The monoisotopic (exact) mass is 336 g/mol. The van der Waals surface area contributed by atoms with Crippen LogP contribution in [0.15, 0.2) is 47.6 Å². The minimum atomic E-state index is -3.75. The summed E-state index contributed by atoms with van der Waals surface area (Å²) < 4.78 is 40.6. The molecule has 0 spiro atoms. The summed E-state index contributed by atoms with van der Waals surface area (Å²) in [5.74, 6) is 0.0120. The molecule has 1 aromatic heterocycles. The lowest BCUT2D eigenvalue weighted by atomic mass is 10.1. The minimum Gasteiger partial charge on any atom is -0.339 e. The van der Waals surface area contributed by atoms with Crippen LogP contribution in [0.4, 0.5) is 10.3 Å². The molecule has 3 rings (SSSR count). The van der Waals surface area contributed by atoms with Crippen LogP contribution in [0.25, 0.3) is 0 Å². The van der Waals surface area contributed by atoms with Gasteiger partial charge in [-0.2, -0.15) is 0 Å². The third kappa shape index (κ3) is 3.83. The van der Waals surface area contributed by atoms with Gasteiger partial charge in [-0.15, -0.1) is 0 Å². The van der Waals surface area contributed by atoms with Crippen molar-refractivity contribution in [1.29, 1.82) is 0 Å². The molecular weight excluding hydrogens is 319 g/mol. The average molecular weight is 336 g/mol. The van der Waals surface area contributed by atoms with Gasteiger partial charge in [-0.05, 0) is 37.1 Å². The van der Waals surface area contributed by atoms with Crippen molar-refractivity contribution in [2.45, 2.75) is 23.8 Å². The van der Waals surface area contributed by atoms with Gasteiger partial charge in [-0.25, -0.2) is 27.5 Å². The van der Waals surface area contributed by atoms with E-state index < -0.39 is 15.8 Å². The zero-order valence-corrected chi connectivity index (χ0v) is 13.2. The molecule has 1 N–H and O–H groups in total. The van der Waals surface area contributed by atoms with Gasteiger partial charge in [0.1, 0.15) is 5.82 Å². The quantitative estimate of drug-likeness (QED) is 0.917. The topological polar surface area (TPSA) is 75.2 Å². The number of aromatic nitrogens is 2. The molecule has 1 aliphatic heterocycles. The zero-order chi connectivity index (χ0) is 16.3. The second-order valence-electron chi connectivity index (χ2n) is 5.41. The maximum absolute atomic E-state index is 13.2. The van der Waals surface area contributed by atoms with Crippen molar-refractivity contribution in [2.75, 3.05) is 18.0 Å². The second kappa shape index (κ2) is 6.59. The third-order valence-electron chi connectivity index (χ3n) is 3.68. The van der Waals surface area contributed by atoms with Crippen LogP contribution in [0.1, 0.15) is 12.8 Å². The summed E-state index contributed by atoms with van der Waals surface area (Å²) in [7, 11) is -3.75. The lowest BCUT2D eigenvalue weighted by molar-refractivity contribution is 0.461. The van der Waals surface area contributed by atoms with E-state index in [1.807, 2.05) is 4.90 Å². The Balaban J connectivity index is 1.72. The van der Waals surface area contributed by atoms with Gasteiger partial charge in [0, 0.05) is 31.5 Å². The molecule has 122 valence electrons. The Kier molecular flexibility index (Phi) is 4.53. The normalized spacial score (nSPS) is 18.8. The van der Waals surface area contributed by atoms with E-state index >= 15 is 0 Å². The molecule has 0 aliphatic carbocycles. The average Bonchev–Trinajstić information content (AvgIpc) is 2.55. The molecule has 2 heterocycles. The maximum Gasteiger partial charge on any atom is 0.240 e. The van der Waals surface area contributed by atoms with Gasteiger partial charge in [-0.1, -0.05) is 6.07 Å². The number of sulfonamides is 1. The molecule has 1 aromatic carbocycles. The van der Waals surface area contributed by atoms with Crippen molar-refractivity contribution in [3.8, 4) is 0 Å². The highest BCUT2D eigenvalue weighted by Crippen LogP contribution is 2.18. The van der Waals surface area contributed by atoms with Gasteiger partial charge in [0.15, 0.2) is 0 Å². The summed E-state index contributed by atoms with van der Waals surface area (Å²) in [5.41, 5.74) is 0. The number of piperidine rings is 1. The van der Waals surface area contributed by atoms with E-state index in [1.165, 1.54) is 18.2 Å². The number of rotatable bonds is 4. The maximum atomic E-state index is 13.2. The first-order valence-corrected chi connectivity index (χ1v) is 8.83. The van der Waals surface area contributed by atoms with Gasteiger partial charge in [-0.3, -0.25) is 0 Å². The summed E-state index contributed by atoms with van der Waals surface area (Å²) in [6.45, 7) is 1.26. The molecular formula is C15H17FN4O2S. The van der Waals surface area contributed by atoms with Crippen LogP contribution in [0.3, 0.4) is 0 Å². The molecule has 23 heavy (non-hydrogen) atoms. The molecule has 1 unspecified atom stereocenters. The lowest BCUT2D eigenvalue weighted by Gasteiger charge is -2.32.